The molecule has 4 nitrogen and oxygen atoms in total. The number of carboxylic acid groups (broad SMARTS) is 1. The van der Waals surface area contributed by atoms with Crippen molar-refractivity contribution in [2.24, 2.45) is 17.8 Å². The summed E-state index contributed by atoms with van der Waals surface area (Å²) in [4.78, 5) is 23.9. The minimum atomic E-state index is -0.956. The Hall–Kier alpha value is -2.88. The molecule has 0 heterocycles. The van der Waals surface area contributed by atoms with Crippen molar-refractivity contribution >= 4 is 17.8 Å². The molecule has 4 heteroatoms. The molecule has 0 unspecified atom stereocenters. The fourth-order valence-corrected chi connectivity index (χ4v) is 6.72. The average Bonchev–Trinajstić information content (AvgIpc) is 2.76. The Morgan fingerprint density at radius 2 is 1.52 bits per heavy atom. The van der Waals surface area contributed by atoms with E-state index < -0.39 is 5.97 Å². The number of hydrogen-bond acceptors (Lipinski definition) is 3. The van der Waals surface area contributed by atoms with E-state index in [9.17, 15) is 9.59 Å². The summed E-state index contributed by atoms with van der Waals surface area (Å²) in [6.07, 6.45) is 11.1. The summed E-state index contributed by atoms with van der Waals surface area (Å²) in [7, 11) is 1.72. The SMILES string of the molecule is COc1ccc(C(=O)/C=C/c2ccc(C(=O)O)cc2)cc1C12CC3CC(CC(C3)C1)C2. The zero-order valence-electron chi connectivity index (χ0n) is 17.8. The molecule has 2 aromatic carbocycles. The predicted octanol–water partition coefficient (Wildman–Crippen LogP) is 5.76. The van der Waals surface area contributed by atoms with Crippen LogP contribution in [0.3, 0.4) is 0 Å². The minimum absolute atomic E-state index is 0.0454. The van der Waals surface area contributed by atoms with Crippen LogP contribution >= 0.6 is 0 Å². The Bertz CT molecular complexity index is 1010. The van der Waals surface area contributed by atoms with Crippen molar-refractivity contribution in [3.05, 3.63) is 70.8 Å². The van der Waals surface area contributed by atoms with Crippen LogP contribution in [0.5, 0.6) is 5.75 Å². The van der Waals surface area contributed by atoms with Gasteiger partial charge in [-0.2, -0.15) is 0 Å². The molecule has 0 saturated heterocycles. The van der Waals surface area contributed by atoms with Crippen molar-refractivity contribution in [3.63, 3.8) is 0 Å². The number of ketones is 1. The van der Waals surface area contributed by atoms with E-state index in [2.05, 4.69) is 6.07 Å². The first-order chi connectivity index (χ1) is 15.0. The van der Waals surface area contributed by atoms with Gasteiger partial charge in [0.2, 0.25) is 0 Å². The van der Waals surface area contributed by atoms with Crippen molar-refractivity contribution in [1.82, 2.24) is 0 Å². The molecular weight excluding hydrogens is 388 g/mol. The lowest BCUT2D eigenvalue weighted by Gasteiger charge is -2.57. The Balaban J connectivity index is 1.42. The van der Waals surface area contributed by atoms with Gasteiger partial charge in [-0.1, -0.05) is 18.2 Å². The van der Waals surface area contributed by atoms with E-state index >= 15 is 0 Å². The molecule has 0 aromatic heterocycles. The van der Waals surface area contributed by atoms with Gasteiger partial charge in [0.25, 0.3) is 0 Å². The van der Waals surface area contributed by atoms with Gasteiger partial charge in [-0.05, 0) is 104 Å². The van der Waals surface area contributed by atoms with Crippen LogP contribution < -0.4 is 4.74 Å². The molecule has 0 amide bonds. The maximum absolute atomic E-state index is 13.0. The quantitative estimate of drug-likeness (QED) is 0.480. The normalized spacial score (nSPS) is 28.7. The van der Waals surface area contributed by atoms with Gasteiger partial charge in [-0.15, -0.1) is 0 Å². The number of carbonyl (C=O) groups excluding carboxylic acids is 1. The molecule has 0 radical (unpaired) electrons. The van der Waals surface area contributed by atoms with Crippen LogP contribution in [-0.2, 0) is 5.41 Å². The van der Waals surface area contributed by atoms with E-state index in [0.29, 0.717) is 5.56 Å². The Morgan fingerprint density at radius 1 is 0.935 bits per heavy atom. The highest BCUT2D eigenvalue weighted by Gasteiger charge is 2.52. The fourth-order valence-electron chi connectivity index (χ4n) is 6.72. The maximum Gasteiger partial charge on any atom is 0.335 e. The van der Waals surface area contributed by atoms with Gasteiger partial charge in [0, 0.05) is 11.1 Å². The molecular formula is C27H28O4. The van der Waals surface area contributed by atoms with Crippen LogP contribution in [-0.4, -0.2) is 24.0 Å². The van der Waals surface area contributed by atoms with Gasteiger partial charge in [-0.3, -0.25) is 4.79 Å². The monoisotopic (exact) mass is 416 g/mol. The third kappa shape index (κ3) is 3.69. The number of hydrogen-bond donors (Lipinski definition) is 1. The van der Waals surface area contributed by atoms with Crippen LogP contribution in [0.4, 0.5) is 0 Å². The molecule has 31 heavy (non-hydrogen) atoms. The van der Waals surface area contributed by atoms with Crippen molar-refractivity contribution in [2.45, 2.75) is 43.9 Å². The van der Waals surface area contributed by atoms with Gasteiger partial charge in [0.1, 0.15) is 5.75 Å². The van der Waals surface area contributed by atoms with Crippen molar-refractivity contribution in [2.75, 3.05) is 7.11 Å². The molecule has 1 N–H and O–H groups in total. The number of ether oxygens (including phenoxy) is 1. The highest BCUT2D eigenvalue weighted by molar-refractivity contribution is 6.07. The van der Waals surface area contributed by atoms with E-state index in [4.69, 9.17) is 9.84 Å². The van der Waals surface area contributed by atoms with Crippen LogP contribution in [0.1, 0.15) is 70.4 Å². The van der Waals surface area contributed by atoms with Crippen molar-refractivity contribution in [3.8, 4) is 5.75 Å². The molecule has 4 fully saturated rings. The second-order valence-electron chi connectivity index (χ2n) is 9.74. The standard InChI is InChI=1S/C27H28O4/c1-31-25-9-7-22(24(28)8-4-17-2-5-21(6-3-17)26(29)30)13-23(25)27-14-18-10-19(15-27)12-20(11-18)16-27/h2-9,13,18-20H,10-12,14-16H2,1H3,(H,29,30)/b8-4+. The number of aromatic carboxylic acids is 1. The predicted molar refractivity (Wildman–Crippen MR) is 120 cm³/mol. The molecule has 160 valence electrons. The van der Waals surface area contributed by atoms with Crippen LogP contribution in [0.25, 0.3) is 6.08 Å². The molecule has 4 aliphatic carbocycles. The number of benzene rings is 2. The van der Waals surface area contributed by atoms with Crippen molar-refractivity contribution < 1.29 is 19.4 Å². The summed E-state index contributed by atoms with van der Waals surface area (Å²) in [5.74, 6) is 2.38. The number of methoxy groups -OCH3 is 1. The Kier molecular flexibility index (Phi) is 4.96. The van der Waals surface area contributed by atoms with Gasteiger partial charge in [-0.25, -0.2) is 4.79 Å². The fraction of sp³-hybridized carbons (Fsp3) is 0.407. The zero-order chi connectivity index (χ0) is 21.6. The highest BCUT2D eigenvalue weighted by Crippen LogP contribution is 2.61. The largest absolute Gasteiger partial charge is 0.496 e. The second kappa shape index (κ2) is 7.67. The molecule has 0 spiro atoms. The third-order valence-corrected chi connectivity index (χ3v) is 7.68. The topological polar surface area (TPSA) is 63.6 Å². The second-order valence-corrected chi connectivity index (χ2v) is 9.74. The van der Waals surface area contributed by atoms with E-state index in [1.54, 1.807) is 43.5 Å². The average molecular weight is 417 g/mol. The first-order valence-corrected chi connectivity index (χ1v) is 11.2. The molecule has 2 aromatic rings. The van der Waals surface area contributed by atoms with E-state index in [1.165, 1.54) is 44.1 Å². The van der Waals surface area contributed by atoms with E-state index in [-0.39, 0.29) is 16.8 Å². The number of carboxylic acids is 1. The maximum atomic E-state index is 13.0. The molecule has 0 atom stereocenters. The lowest BCUT2D eigenvalue weighted by Crippen LogP contribution is -2.48. The Labute approximate surface area is 182 Å². The van der Waals surface area contributed by atoms with Gasteiger partial charge in [0.05, 0.1) is 12.7 Å². The van der Waals surface area contributed by atoms with Crippen LogP contribution in [0.15, 0.2) is 48.5 Å². The smallest absolute Gasteiger partial charge is 0.335 e. The molecule has 4 aliphatic rings. The van der Waals surface area contributed by atoms with Gasteiger partial charge >= 0.3 is 5.97 Å². The van der Waals surface area contributed by atoms with Crippen molar-refractivity contribution in [1.29, 1.82) is 0 Å². The molecule has 0 aliphatic heterocycles. The third-order valence-electron chi connectivity index (χ3n) is 7.68. The summed E-state index contributed by atoms with van der Waals surface area (Å²) in [6, 6.07) is 12.4. The first kappa shape index (κ1) is 20.0. The van der Waals surface area contributed by atoms with E-state index in [1.807, 2.05) is 12.1 Å². The van der Waals surface area contributed by atoms with E-state index in [0.717, 1.165) is 29.1 Å². The Morgan fingerprint density at radius 3 is 2.06 bits per heavy atom. The summed E-state index contributed by atoms with van der Waals surface area (Å²) >= 11 is 0. The zero-order valence-corrected chi connectivity index (χ0v) is 17.8. The number of carbonyl (C=O) groups is 2. The lowest BCUT2D eigenvalue weighted by atomic mass is 9.48. The number of allylic oxidation sites excluding steroid dienone is 1. The molecule has 4 saturated carbocycles. The summed E-state index contributed by atoms with van der Waals surface area (Å²) in [6.45, 7) is 0. The number of rotatable bonds is 6. The molecule has 6 rings (SSSR count). The van der Waals surface area contributed by atoms with Gasteiger partial charge in [0.15, 0.2) is 5.78 Å². The summed E-state index contributed by atoms with van der Waals surface area (Å²) < 4.78 is 5.75. The first-order valence-electron chi connectivity index (χ1n) is 11.2. The molecule has 4 bridgehead atoms. The minimum Gasteiger partial charge on any atom is -0.496 e. The van der Waals surface area contributed by atoms with Gasteiger partial charge < -0.3 is 9.84 Å². The summed E-state index contributed by atoms with van der Waals surface area (Å²) in [5, 5.41) is 9.02. The highest BCUT2D eigenvalue weighted by atomic mass is 16.5. The lowest BCUT2D eigenvalue weighted by molar-refractivity contribution is -0.00617. The van der Waals surface area contributed by atoms with Crippen LogP contribution in [0.2, 0.25) is 0 Å². The van der Waals surface area contributed by atoms with Crippen LogP contribution in [0, 0.1) is 17.8 Å². The summed E-state index contributed by atoms with van der Waals surface area (Å²) in [5.41, 5.74) is 3.10.